The molecule has 1 aliphatic heterocycles. The fraction of sp³-hybridized carbons (Fsp3) is 0.333. The van der Waals surface area contributed by atoms with E-state index in [4.69, 9.17) is 9.84 Å². The maximum Gasteiger partial charge on any atom is 0.305 e. The number of aromatic nitrogens is 3. The predicted octanol–water partition coefficient (Wildman–Crippen LogP) is 0.631. The number of para-hydroxylation sites is 1. The van der Waals surface area contributed by atoms with Gasteiger partial charge in [-0.25, -0.2) is 0 Å². The number of nitrogens with one attached hydrogen (secondary N) is 1. The Bertz CT molecular complexity index is 707. The van der Waals surface area contributed by atoms with E-state index in [0.29, 0.717) is 13.0 Å². The lowest BCUT2D eigenvalue weighted by Gasteiger charge is -2.26. The molecular weight excluding hydrogens is 300 g/mol. The van der Waals surface area contributed by atoms with Crippen molar-refractivity contribution in [2.24, 2.45) is 0 Å². The molecule has 0 aliphatic carbocycles. The lowest BCUT2D eigenvalue weighted by atomic mass is 9.94. The first-order valence-corrected chi connectivity index (χ1v) is 7.18. The second-order valence-corrected chi connectivity index (χ2v) is 5.46. The molecular formula is C15H16N4O4. The summed E-state index contributed by atoms with van der Waals surface area (Å²) in [5.41, 5.74) is -0.0269. The number of aliphatic carboxylic acids is 1. The van der Waals surface area contributed by atoms with Crippen LogP contribution < -0.4 is 5.32 Å². The van der Waals surface area contributed by atoms with E-state index < -0.39 is 17.4 Å². The number of carboxylic acid groups (broad SMARTS) is 1. The van der Waals surface area contributed by atoms with Gasteiger partial charge in [0, 0.05) is 6.61 Å². The normalized spacial score (nSPS) is 20.3. The molecule has 0 spiro atoms. The molecule has 2 heterocycles. The number of carbonyl (C=O) groups is 2. The molecule has 0 radical (unpaired) electrons. The number of hydrogen-bond acceptors (Lipinski definition) is 5. The molecule has 1 unspecified atom stereocenters. The molecule has 1 aromatic carbocycles. The zero-order valence-electron chi connectivity index (χ0n) is 12.3. The number of ether oxygens (including phenoxy) is 1. The van der Waals surface area contributed by atoms with E-state index in [-0.39, 0.29) is 18.7 Å². The Morgan fingerprint density at radius 2 is 2.13 bits per heavy atom. The Morgan fingerprint density at radius 1 is 1.35 bits per heavy atom. The Labute approximate surface area is 132 Å². The summed E-state index contributed by atoms with van der Waals surface area (Å²) in [4.78, 5) is 24.7. The topological polar surface area (TPSA) is 106 Å². The average molecular weight is 316 g/mol. The highest BCUT2D eigenvalue weighted by molar-refractivity contribution is 5.92. The van der Waals surface area contributed by atoms with E-state index in [2.05, 4.69) is 15.5 Å². The molecule has 1 saturated heterocycles. The molecule has 0 bridgehead atoms. The Hall–Kier alpha value is -2.74. The minimum Gasteiger partial charge on any atom is -0.481 e. The van der Waals surface area contributed by atoms with Gasteiger partial charge in [0.05, 0.1) is 30.5 Å². The third kappa shape index (κ3) is 3.37. The molecule has 1 aromatic heterocycles. The van der Waals surface area contributed by atoms with Crippen LogP contribution in [0.3, 0.4) is 0 Å². The van der Waals surface area contributed by atoms with Gasteiger partial charge in [0.1, 0.15) is 0 Å². The van der Waals surface area contributed by atoms with Crippen LogP contribution in [0.5, 0.6) is 0 Å². The van der Waals surface area contributed by atoms with Crippen LogP contribution in [-0.2, 0) is 9.53 Å². The predicted molar refractivity (Wildman–Crippen MR) is 79.2 cm³/mol. The van der Waals surface area contributed by atoms with Gasteiger partial charge >= 0.3 is 5.97 Å². The van der Waals surface area contributed by atoms with Crippen molar-refractivity contribution in [3.05, 3.63) is 42.2 Å². The molecule has 1 amide bonds. The fourth-order valence-electron chi connectivity index (χ4n) is 2.54. The highest BCUT2D eigenvalue weighted by atomic mass is 16.5. The van der Waals surface area contributed by atoms with E-state index in [1.165, 1.54) is 11.0 Å². The van der Waals surface area contributed by atoms with E-state index in [9.17, 15) is 9.59 Å². The molecule has 2 aromatic rings. The van der Waals surface area contributed by atoms with Crippen molar-refractivity contribution in [2.75, 3.05) is 13.2 Å². The monoisotopic (exact) mass is 316 g/mol. The lowest BCUT2D eigenvalue weighted by molar-refractivity contribution is -0.138. The average Bonchev–Trinajstić information content (AvgIpc) is 3.17. The first-order chi connectivity index (χ1) is 11.1. The molecule has 3 rings (SSSR count). The van der Waals surface area contributed by atoms with Gasteiger partial charge in [0.25, 0.3) is 5.91 Å². The maximum atomic E-state index is 12.4. The molecule has 1 fully saturated rings. The summed E-state index contributed by atoms with van der Waals surface area (Å²) in [6, 6.07) is 9.19. The van der Waals surface area contributed by atoms with Gasteiger partial charge in [0.15, 0.2) is 5.69 Å². The van der Waals surface area contributed by atoms with E-state index in [0.717, 1.165) is 5.69 Å². The number of carboxylic acids is 1. The van der Waals surface area contributed by atoms with Crippen molar-refractivity contribution in [1.29, 1.82) is 0 Å². The summed E-state index contributed by atoms with van der Waals surface area (Å²) in [7, 11) is 0. The molecule has 0 saturated carbocycles. The lowest BCUT2D eigenvalue weighted by Crippen LogP contribution is -2.50. The molecule has 1 aliphatic rings. The summed E-state index contributed by atoms with van der Waals surface area (Å²) >= 11 is 0. The quantitative estimate of drug-likeness (QED) is 0.838. The number of benzene rings is 1. The van der Waals surface area contributed by atoms with Crippen LogP contribution >= 0.6 is 0 Å². The zero-order valence-corrected chi connectivity index (χ0v) is 12.3. The number of nitrogens with zero attached hydrogens (tertiary/aromatic N) is 3. The van der Waals surface area contributed by atoms with Crippen molar-refractivity contribution in [3.63, 3.8) is 0 Å². The number of rotatable bonds is 5. The number of amides is 1. The molecule has 8 nitrogen and oxygen atoms in total. The van der Waals surface area contributed by atoms with Gasteiger partial charge in [-0.1, -0.05) is 18.2 Å². The molecule has 2 N–H and O–H groups in total. The molecule has 1 atom stereocenters. The Kier molecular flexibility index (Phi) is 4.07. The van der Waals surface area contributed by atoms with Crippen molar-refractivity contribution in [2.45, 2.75) is 18.4 Å². The Morgan fingerprint density at radius 3 is 2.78 bits per heavy atom. The van der Waals surface area contributed by atoms with Gasteiger partial charge in [-0.05, 0) is 18.6 Å². The van der Waals surface area contributed by atoms with Gasteiger partial charge in [-0.2, -0.15) is 9.90 Å². The van der Waals surface area contributed by atoms with Gasteiger partial charge in [0.2, 0.25) is 0 Å². The van der Waals surface area contributed by atoms with Gasteiger partial charge < -0.3 is 15.2 Å². The Balaban J connectivity index is 1.76. The third-order valence-corrected chi connectivity index (χ3v) is 3.68. The van der Waals surface area contributed by atoms with Gasteiger partial charge in [-0.3, -0.25) is 9.59 Å². The summed E-state index contributed by atoms with van der Waals surface area (Å²) in [5, 5.41) is 20.0. The maximum absolute atomic E-state index is 12.4. The molecule has 120 valence electrons. The van der Waals surface area contributed by atoms with Crippen LogP contribution in [0.2, 0.25) is 0 Å². The van der Waals surface area contributed by atoms with Crippen LogP contribution in [-0.4, -0.2) is 50.7 Å². The van der Waals surface area contributed by atoms with Crippen LogP contribution in [0.15, 0.2) is 36.5 Å². The summed E-state index contributed by atoms with van der Waals surface area (Å²) in [5.74, 6) is -1.44. The van der Waals surface area contributed by atoms with E-state index in [1.807, 2.05) is 30.3 Å². The van der Waals surface area contributed by atoms with Crippen molar-refractivity contribution < 1.29 is 19.4 Å². The van der Waals surface area contributed by atoms with Crippen LogP contribution in [0, 0.1) is 0 Å². The number of carbonyl (C=O) groups excluding carboxylic acids is 1. The second-order valence-electron chi connectivity index (χ2n) is 5.46. The van der Waals surface area contributed by atoms with Crippen molar-refractivity contribution in [1.82, 2.24) is 20.3 Å². The molecule has 23 heavy (non-hydrogen) atoms. The molecule has 8 heteroatoms. The second kappa shape index (κ2) is 6.17. The van der Waals surface area contributed by atoms with Crippen LogP contribution in [0.25, 0.3) is 5.69 Å². The smallest absolute Gasteiger partial charge is 0.305 e. The zero-order chi connectivity index (χ0) is 16.3. The minimum absolute atomic E-state index is 0.130. The van der Waals surface area contributed by atoms with Crippen molar-refractivity contribution in [3.8, 4) is 5.69 Å². The van der Waals surface area contributed by atoms with E-state index in [1.54, 1.807) is 0 Å². The van der Waals surface area contributed by atoms with Crippen molar-refractivity contribution >= 4 is 11.9 Å². The fourth-order valence-corrected chi connectivity index (χ4v) is 2.54. The number of hydrogen-bond donors (Lipinski definition) is 2. The summed E-state index contributed by atoms with van der Waals surface area (Å²) < 4.78 is 5.25. The largest absolute Gasteiger partial charge is 0.481 e. The minimum atomic E-state index is -0.983. The van der Waals surface area contributed by atoms with E-state index >= 15 is 0 Å². The van der Waals surface area contributed by atoms with Crippen LogP contribution in [0.4, 0.5) is 0 Å². The third-order valence-electron chi connectivity index (χ3n) is 3.68. The standard InChI is InChI=1S/C15H16N4O4/c20-13(21)8-15(6-7-23-10-15)17-14(22)12-9-16-19(18-12)11-4-2-1-3-5-11/h1-5,9H,6-8,10H2,(H,17,22)(H,20,21). The SMILES string of the molecule is O=C(O)CC1(NC(=O)c2cnn(-c3ccccc3)n2)CCOC1. The summed E-state index contributed by atoms with van der Waals surface area (Å²) in [6.07, 6.45) is 1.62. The highest BCUT2D eigenvalue weighted by Crippen LogP contribution is 2.23. The highest BCUT2D eigenvalue weighted by Gasteiger charge is 2.39. The summed E-state index contributed by atoms with van der Waals surface area (Å²) in [6.45, 7) is 0.599. The van der Waals surface area contributed by atoms with Crippen LogP contribution in [0.1, 0.15) is 23.3 Å². The first kappa shape index (κ1) is 15.2. The van der Waals surface area contributed by atoms with Gasteiger partial charge in [-0.15, -0.1) is 5.10 Å². The first-order valence-electron chi connectivity index (χ1n) is 7.18.